The van der Waals surface area contributed by atoms with Crippen LogP contribution in [0, 0.1) is 0 Å². The Bertz CT molecular complexity index is 445. The second-order valence-corrected chi connectivity index (χ2v) is 4.14. The molecular weight excluding hydrogens is 210 g/mol. The van der Waals surface area contributed by atoms with Gasteiger partial charge in [-0.1, -0.05) is 25.4 Å². The molecule has 4 heteroatoms. The van der Waals surface area contributed by atoms with E-state index in [9.17, 15) is 0 Å². The molecule has 2 aromatic rings. The Kier molecular flexibility index (Phi) is 2.73. The first-order chi connectivity index (χ1) is 7.16. The lowest BCUT2D eigenvalue weighted by molar-refractivity contribution is 0.839. The van der Waals surface area contributed by atoms with Crippen molar-refractivity contribution >= 4 is 11.6 Å². The predicted octanol–water partition coefficient (Wildman–Crippen LogP) is 3.04. The quantitative estimate of drug-likeness (QED) is 0.781. The van der Waals surface area contributed by atoms with E-state index in [4.69, 9.17) is 11.6 Å². The molecular formula is C11H12ClN3. The lowest BCUT2D eigenvalue weighted by Gasteiger charge is -2.00. The standard InChI is InChI=1S/C11H12ClN3/c1-8(2)9-5-14-15(7-9)11-4-3-10(12)6-13-11/h3-8H,1-2H3. The molecule has 0 aromatic carbocycles. The number of nitrogens with zero attached hydrogens (tertiary/aromatic N) is 3. The molecule has 0 fully saturated rings. The van der Waals surface area contributed by atoms with Crippen LogP contribution in [-0.2, 0) is 0 Å². The summed E-state index contributed by atoms with van der Waals surface area (Å²) in [5, 5.41) is 4.88. The van der Waals surface area contributed by atoms with Gasteiger partial charge in [-0.05, 0) is 23.6 Å². The van der Waals surface area contributed by atoms with Gasteiger partial charge in [-0.15, -0.1) is 0 Å². The van der Waals surface area contributed by atoms with E-state index in [1.807, 2.05) is 18.5 Å². The van der Waals surface area contributed by atoms with Crippen molar-refractivity contribution in [3.63, 3.8) is 0 Å². The van der Waals surface area contributed by atoms with Crippen LogP contribution in [0.1, 0.15) is 25.3 Å². The number of rotatable bonds is 2. The Labute approximate surface area is 93.7 Å². The molecule has 0 radical (unpaired) electrons. The third-order valence-corrected chi connectivity index (χ3v) is 2.44. The summed E-state index contributed by atoms with van der Waals surface area (Å²) in [6.07, 6.45) is 5.47. The summed E-state index contributed by atoms with van der Waals surface area (Å²) in [6, 6.07) is 3.65. The second-order valence-electron chi connectivity index (χ2n) is 3.71. The van der Waals surface area contributed by atoms with Crippen molar-refractivity contribution in [2.75, 3.05) is 0 Å². The molecule has 0 saturated carbocycles. The van der Waals surface area contributed by atoms with Crippen molar-refractivity contribution in [2.24, 2.45) is 0 Å². The molecule has 0 bridgehead atoms. The van der Waals surface area contributed by atoms with Gasteiger partial charge < -0.3 is 0 Å². The minimum atomic E-state index is 0.478. The second kappa shape index (κ2) is 4.03. The molecule has 0 atom stereocenters. The monoisotopic (exact) mass is 221 g/mol. The number of pyridine rings is 1. The summed E-state index contributed by atoms with van der Waals surface area (Å²) in [7, 11) is 0. The largest absolute Gasteiger partial charge is 0.236 e. The average Bonchev–Trinajstić information content (AvgIpc) is 2.68. The van der Waals surface area contributed by atoms with Crippen LogP contribution in [-0.4, -0.2) is 14.8 Å². The van der Waals surface area contributed by atoms with Crippen molar-refractivity contribution < 1.29 is 0 Å². The van der Waals surface area contributed by atoms with Crippen molar-refractivity contribution in [2.45, 2.75) is 19.8 Å². The van der Waals surface area contributed by atoms with E-state index in [1.165, 1.54) is 5.56 Å². The topological polar surface area (TPSA) is 30.7 Å². The van der Waals surface area contributed by atoms with Gasteiger partial charge in [-0.3, -0.25) is 0 Å². The van der Waals surface area contributed by atoms with Crippen LogP contribution < -0.4 is 0 Å². The molecule has 0 unspecified atom stereocenters. The first-order valence-electron chi connectivity index (χ1n) is 4.83. The predicted molar refractivity (Wildman–Crippen MR) is 60.5 cm³/mol. The van der Waals surface area contributed by atoms with Crippen LogP contribution in [0.2, 0.25) is 5.02 Å². The first kappa shape index (κ1) is 10.2. The summed E-state index contributed by atoms with van der Waals surface area (Å²) in [6.45, 7) is 4.27. The summed E-state index contributed by atoms with van der Waals surface area (Å²) in [5.74, 6) is 1.26. The van der Waals surface area contributed by atoms with Crippen molar-refractivity contribution in [3.8, 4) is 5.82 Å². The maximum absolute atomic E-state index is 5.76. The zero-order valence-electron chi connectivity index (χ0n) is 8.68. The van der Waals surface area contributed by atoms with Gasteiger partial charge in [0.15, 0.2) is 5.82 Å². The van der Waals surface area contributed by atoms with Gasteiger partial charge in [-0.25, -0.2) is 9.67 Å². The SMILES string of the molecule is CC(C)c1cnn(-c2ccc(Cl)cn2)c1. The Morgan fingerprint density at radius 3 is 2.60 bits per heavy atom. The molecule has 0 aliphatic carbocycles. The Morgan fingerprint density at radius 1 is 1.27 bits per heavy atom. The minimum Gasteiger partial charge on any atom is -0.236 e. The maximum atomic E-state index is 5.76. The highest BCUT2D eigenvalue weighted by Crippen LogP contribution is 2.15. The van der Waals surface area contributed by atoms with Crippen LogP contribution >= 0.6 is 11.6 Å². The molecule has 0 aliphatic rings. The molecule has 0 amide bonds. The molecule has 78 valence electrons. The summed E-state index contributed by atoms with van der Waals surface area (Å²) in [5.41, 5.74) is 1.20. The van der Waals surface area contributed by atoms with Crippen LogP contribution in [0.4, 0.5) is 0 Å². The van der Waals surface area contributed by atoms with E-state index in [0.717, 1.165) is 5.82 Å². The molecule has 0 saturated heterocycles. The average molecular weight is 222 g/mol. The number of halogens is 1. The van der Waals surface area contributed by atoms with Gasteiger partial charge in [0.2, 0.25) is 0 Å². The van der Waals surface area contributed by atoms with E-state index >= 15 is 0 Å². The third kappa shape index (κ3) is 2.18. The van der Waals surface area contributed by atoms with Crippen molar-refractivity contribution in [3.05, 3.63) is 41.3 Å². The van der Waals surface area contributed by atoms with Gasteiger partial charge in [0.1, 0.15) is 0 Å². The lowest BCUT2D eigenvalue weighted by Crippen LogP contribution is -1.96. The highest BCUT2D eigenvalue weighted by atomic mass is 35.5. The van der Waals surface area contributed by atoms with Crippen molar-refractivity contribution in [1.29, 1.82) is 0 Å². The molecule has 0 N–H and O–H groups in total. The fraction of sp³-hybridized carbons (Fsp3) is 0.273. The fourth-order valence-electron chi connectivity index (χ4n) is 1.26. The van der Waals surface area contributed by atoms with E-state index in [-0.39, 0.29) is 0 Å². The van der Waals surface area contributed by atoms with Crippen molar-refractivity contribution in [1.82, 2.24) is 14.8 Å². The smallest absolute Gasteiger partial charge is 0.153 e. The van der Waals surface area contributed by atoms with E-state index < -0.39 is 0 Å². The molecule has 2 rings (SSSR count). The summed E-state index contributed by atoms with van der Waals surface area (Å²) < 4.78 is 1.76. The Hall–Kier alpha value is -1.35. The molecule has 0 spiro atoms. The number of aromatic nitrogens is 3. The van der Waals surface area contributed by atoms with Crippen LogP contribution in [0.5, 0.6) is 0 Å². The van der Waals surface area contributed by atoms with Gasteiger partial charge >= 0.3 is 0 Å². The van der Waals surface area contributed by atoms with E-state index in [0.29, 0.717) is 10.9 Å². The number of hydrogen-bond acceptors (Lipinski definition) is 2. The van der Waals surface area contributed by atoms with Gasteiger partial charge in [0, 0.05) is 12.4 Å². The van der Waals surface area contributed by atoms with Gasteiger partial charge in [0.05, 0.1) is 11.2 Å². The zero-order chi connectivity index (χ0) is 10.8. The normalized spacial score (nSPS) is 10.9. The number of hydrogen-bond donors (Lipinski definition) is 0. The van der Waals surface area contributed by atoms with Crippen LogP contribution in [0.15, 0.2) is 30.7 Å². The maximum Gasteiger partial charge on any atom is 0.153 e. The molecule has 15 heavy (non-hydrogen) atoms. The Balaban J connectivity index is 2.33. The molecule has 3 nitrogen and oxygen atoms in total. The lowest BCUT2D eigenvalue weighted by atomic mass is 10.1. The third-order valence-electron chi connectivity index (χ3n) is 2.22. The first-order valence-corrected chi connectivity index (χ1v) is 5.21. The van der Waals surface area contributed by atoms with Crippen LogP contribution in [0.3, 0.4) is 0 Å². The van der Waals surface area contributed by atoms with E-state index in [1.54, 1.807) is 16.9 Å². The van der Waals surface area contributed by atoms with Crippen LogP contribution in [0.25, 0.3) is 5.82 Å². The molecule has 2 aromatic heterocycles. The highest BCUT2D eigenvalue weighted by Gasteiger charge is 2.04. The molecule has 0 aliphatic heterocycles. The molecule has 2 heterocycles. The summed E-state index contributed by atoms with van der Waals surface area (Å²) >= 11 is 5.76. The fourth-order valence-corrected chi connectivity index (χ4v) is 1.38. The minimum absolute atomic E-state index is 0.478. The Morgan fingerprint density at radius 2 is 2.07 bits per heavy atom. The summed E-state index contributed by atoms with van der Waals surface area (Å²) in [4.78, 5) is 4.19. The zero-order valence-corrected chi connectivity index (χ0v) is 9.44. The van der Waals surface area contributed by atoms with Gasteiger partial charge in [0.25, 0.3) is 0 Å². The highest BCUT2D eigenvalue weighted by molar-refractivity contribution is 6.30. The van der Waals surface area contributed by atoms with E-state index in [2.05, 4.69) is 23.9 Å². The van der Waals surface area contributed by atoms with Gasteiger partial charge in [-0.2, -0.15) is 5.10 Å².